The Morgan fingerprint density at radius 3 is 2.61 bits per heavy atom. The van der Waals surface area contributed by atoms with Crippen molar-refractivity contribution in [2.75, 3.05) is 13.1 Å². The highest BCUT2D eigenvalue weighted by Gasteiger charge is 2.19. The second-order valence-corrected chi connectivity index (χ2v) is 5.85. The van der Waals surface area contributed by atoms with E-state index in [1.807, 2.05) is 29.2 Å². The summed E-state index contributed by atoms with van der Waals surface area (Å²) in [5.74, 6) is -0.0131. The zero-order valence-electron chi connectivity index (χ0n) is 12.7. The van der Waals surface area contributed by atoms with Gasteiger partial charge >= 0.3 is 0 Å². The summed E-state index contributed by atoms with van der Waals surface area (Å²) in [4.78, 5) is 27.1. The molecular formula is C16H17N5O2. The number of benzene rings is 1. The van der Waals surface area contributed by atoms with E-state index in [0.29, 0.717) is 0 Å². The molecule has 1 amide bonds. The van der Waals surface area contributed by atoms with Crippen molar-refractivity contribution in [2.24, 2.45) is 0 Å². The standard InChI is InChI=1S/C16H17N5O2/c22-14(19-8-4-1-5-9-19)10-20-12-6-2-3-7-13(12)21-11-17-18-15(21)16(20)23/h2-3,6-7,11H,1,4-5,8-10H2. The van der Waals surface area contributed by atoms with Gasteiger partial charge < -0.3 is 4.90 Å². The predicted octanol–water partition coefficient (Wildman–Crippen LogP) is 1.06. The topological polar surface area (TPSA) is 72.5 Å². The van der Waals surface area contributed by atoms with Gasteiger partial charge in [0, 0.05) is 13.1 Å². The van der Waals surface area contributed by atoms with Crippen LogP contribution in [-0.4, -0.2) is 43.1 Å². The Morgan fingerprint density at radius 1 is 1.09 bits per heavy atom. The third-order valence-electron chi connectivity index (χ3n) is 4.42. The predicted molar refractivity (Wildman–Crippen MR) is 85.2 cm³/mol. The van der Waals surface area contributed by atoms with Crippen LogP contribution in [0.5, 0.6) is 0 Å². The van der Waals surface area contributed by atoms with E-state index in [1.54, 1.807) is 4.40 Å². The Balaban J connectivity index is 1.83. The molecule has 1 saturated heterocycles. The first-order chi connectivity index (χ1) is 11.3. The molecule has 0 saturated carbocycles. The summed E-state index contributed by atoms with van der Waals surface area (Å²) in [5.41, 5.74) is 1.50. The molecule has 2 aromatic heterocycles. The number of nitrogens with zero attached hydrogens (tertiary/aromatic N) is 5. The first kappa shape index (κ1) is 13.9. The highest BCUT2D eigenvalue weighted by Crippen LogP contribution is 2.14. The number of rotatable bonds is 2. The lowest BCUT2D eigenvalue weighted by atomic mass is 10.1. The average Bonchev–Trinajstić information content (AvgIpc) is 3.09. The quantitative estimate of drug-likeness (QED) is 0.709. The molecule has 0 N–H and O–H groups in total. The highest BCUT2D eigenvalue weighted by molar-refractivity contribution is 5.82. The number of hydrogen-bond donors (Lipinski definition) is 0. The van der Waals surface area contributed by atoms with Gasteiger partial charge in [-0.15, -0.1) is 10.2 Å². The first-order valence-corrected chi connectivity index (χ1v) is 7.85. The summed E-state index contributed by atoms with van der Waals surface area (Å²) < 4.78 is 3.18. The van der Waals surface area contributed by atoms with E-state index in [9.17, 15) is 9.59 Å². The van der Waals surface area contributed by atoms with Crippen molar-refractivity contribution < 1.29 is 4.79 Å². The van der Waals surface area contributed by atoms with Gasteiger partial charge in [0.15, 0.2) is 0 Å². The van der Waals surface area contributed by atoms with E-state index >= 15 is 0 Å². The van der Waals surface area contributed by atoms with E-state index < -0.39 is 0 Å². The number of likely N-dealkylation sites (tertiary alicyclic amines) is 1. The number of piperidine rings is 1. The molecule has 4 rings (SSSR count). The molecule has 7 heteroatoms. The lowest BCUT2D eigenvalue weighted by molar-refractivity contribution is -0.132. The third kappa shape index (κ3) is 2.28. The van der Waals surface area contributed by atoms with Gasteiger partial charge in [-0.05, 0) is 31.4 Å². The molecule has 0 unspecified atom stereocenters. The minimum atomic E-state index is -0.286. The van der Waals surface area contributed by atoms with Crippen molar-refractivity contribution in [1.29, 1.82) is 0 Å². The van der Waals surface area contributed by atoms with Crippen molar-refractivity contribution in [3.8, 4) is 0 Å². The van der Waals surface area contributed by atoms with E-state index in [2.05, 4.69) is 10.2 Å². The Bertz CT molecular complexity index is 936. The minimum absolute atomic E-state index is 0.0131. The van der Waals surface area contributed by atoms with Gasteiger partial charge in [-0.25, -0.2) is 0 Å². The fraction of sp³-hybridized carbons (Fsp3) is 0.375. The summed E-state index contributed by atoms with van der Waals surface area (Å²) in [6.07, 6.45) is 4.75. The van der Waals surface area contributed by atoms with E-state index in [4.69, 9.17) is 0 Å². The minimum Gasteiger partial charge on any atom is -0.341 e. The number of hydrogen-bond acceptors (Lipinski definition) is 4. The van der Waals surface area contributed by atoms with Gasteiger partial charge in [0.1, 0.15) is 12.9 Å². The normalized spacial score (nSPS) is 15.4. The number of carbonyl (C=O) groups excluding carboxylic acids is 1. The fourth-order valence-corrected chi connectivity index (χ4v) is 3.22. The summed E-state index contributed by atoms with van der Waals surface area (Å²) >= 11 is 0. The monoisotopic (exact) mass is 311 g/mol. The first-order valence-electron chi connectivity index (χ1n) is 7.85. The molecule has 3 heterocycles. The van der Waals surface area contributed by atoms with Crippen molar-refractivity contribution >= 4 is 22.6 Å². The summed E-state index contributed by atoms with van der Waals surface area (Å²) in [7, 11) is 0. The largest absolute Gasteiger partial charge is 0.341 e. The fourth-order valence-electron chi connectivity index (χ4n) is 3.22. The molecule has 3 aromatic rings. The summed E-state index contributed by atoms with van der Waals surface area (Å²) in [6, 6.07) is 7.50. The molecule has 23 heavy (non-hydrogen) atoms. The van der Waals surface area contributed by atoms with Crippen LogP contribution in [0.25, 0.3) is 16.7 Å². The zero-order chi connectivity index (χ0) is 15.8. The van der Waals surface area contributed by atoms with Gasteiger partial charge in [0.2, 0.25) is 11.6 Å². The number of amides is 1. The second-order valence-electron chi connectivity index (χ2n) is 5.85. The van der Waals surface area contributed by atoms with Crippen molar-refractivity contribution in [3.63, 3.8) is 0 Å². The van der Waals surface area contributed by atoms with Crippen LogP contribution in [0, 0.1) is 0 Å². The van der Waals surface area contributed by atoms with Gasteiger partial charge in [0.05, 0.1) is 11.0 Å². The smallest absolute Gasteiger partial charge is 0.297 e. The molecule has 0 atom stereocenters. The zero-order valence-corrected chi connectivity index (χ0v) is 12.7. The third-order valence-corrected chi connectivity index (χ3v) is 4.42. The van der Waals surface area contributed by atoms with Crippen molar-refractivity contribution in [1.82, 2.24) is 24.1 Å². The van der Waals surface area contributed by atoms with Crippen LogP contribution in [0.3, 0.4) is 0 Å². The molecule has 0 bridgehead atoms. The number of carbonyl (C=O) groups is 1. The maximum Gasteiger partial charge on any atom is 0.297 e. The Hall–Kier alpha value is -2.70. The molecule has 118 valence electrons. The lowest BCUT2D eigenvalue weighted by Crippen LogP contribution is -2.40. The Morgan fingerprint density at radius 2 is 1.83 bits per heavy atom. The van der Waals surface area contributed by atoms with Crippen LogP contribution >= 0.6 is 0 Å². The summed E-state index contributed by atoms with van der Waals surface area (Å²) in [6.45, 7) is 1.60. The summed E-state index contributed by atoms with van der Waals surface area (Å²) in [5, 5.41) is 7.73. The molecule has 0 spiro atoms. The Kier molecular flexibility index (Phi) is 3.33. The highest BCUT2D eigenvalue weighted by atomic mass is 16.2. The lowest BCUT2D eigenvalue weighted by Gasteiger charge is -2.27. The molecular weight excluding hydrogens is 294 g/mol. The number of fused-ring (bicyclic) bond motifs is 3. The Labute approximate surface area is 132 Å². The molecule has 0 radical (unpaired) electrons. The van der Waals surface area contributed by atoms with Gasteiger partial charge in [-0.3, -0.25) is 18.6 Å². The van der Waals surface area contributed by atoms with Crippen molar-refractivity contribution in [3.05, 3.63) is 40.9 Å². The molecule has 1 aliphatic rings. The van der Waals surface area contributed by atoms with E-state index in [0.717, 1.165) is 37.0 Å². The molecule has 1 fully saturated rings. The van der Waals surface area contributed by atoms with Gasteiger partial charge in [-0.1, -0.05) is 12.1 Å². The van der Waals surface area contributed by atoms with Crippen LogP contribution in [-0.2, 0) is 11.3 Å². The van der Waals surface area contributed by atoms with Gasteiger partial charge in [0.25, 0.3) is 5.56 Å². The van der Waals surface area contributed by atoms with Crippen LogP contribution in [0.4, 0.5) is 0 Å². The van der Waals surface area contributed by atoms with Crippen LogP contribution in [0.15, 0.2) is 35.4 Å². The molecule has 1 aromatic carbocycles. The SMILES string of the molecule is O=C(Cn1c(=O)c2nncn2c2ccccc21)N1CCCCC1. The van der Waals surface area contributed by atoms with Gasteiger partial charge in [-0.2, -0.15) is 0 Å². The van der Waals surface area contributed by atoms with E-state index in [1.165, 1.54) is 17.3 Å². The van der Waals surface area contributed by atoms with Crippen LogP contribution < -0.4 is 5.56 Å². The van der Waals surface area contributed by atoms with Crippen LogP contribution in [0.2, 0.25) is 0 Å². The van der Waals surface area contributed by atoms with Crippen molar-refractivity contribution in [2.45, 2.75) is 25.8 Å². The van der Waals surface area contributed by atoms with E-state index in [-0.39, 0.29) is 23.7 Å². The number of para-hydroxylation sites is 2. The maximum absolute atomic E-state index is 12.7. The average molecular weight is 311 g/mol. The molecule has 7 nitrogen and oxygen atoms in total. The maximum atomic E-state index is 12.7. The number of aromatic nitrogens is 4. The van der Waals surface area contributed by atoms with Crippen LogP contribution in [0.1, 0.15) is 19.3 Å². The molecule has 1 aliphatic heterocycles. The molecule has 0 aliphatic carbocycles. The second kappa shape index (κ2) is 5.49.